The summed E-state index contributed by atoms with van der Waals surface area (Å²) in [6.07, 6.45) is -0.796. The summed E-state index contributed by atoms with van der Waals surface area (Å²) < 4.78 is 32.9. The van der Waals surface area contributed by atoms with Crippen molar-refractivity contribution in [2.24, 2.45) is 11.3 Å². The predicted molar refractivity (Wildman–Crippen MR) is 92.9 cm³/mol. The van der Waals surface area contributed by atoms with E-state index in [1.54, 1.807) is 20.8 Å². The minimum Gasteiger partial charge on any atom is -0.465 e. The van der Waals surface area contributed by atoms with Crippen molar-refractivity contribution < 1.29 is 47.6 Å². The van der Waals surface area contributed by atoms with E-state index in [2.05, 4.69) is 0 Å². The first-order valence-electron chi connectivity index (χ1n) is 9.83. The van der Waals surface area contributed by atoms with Crippen molar-refractivity contribution in [3.8, 4) is 0 Å². The summed E-state index contributed by atoms with van der Waals surface area (Å²) in [4.78, 5) is 50.5. The Kier molecular flexibility index (Phi) is 5.86. The number of rotatable bonds is 6. The number of hydrogen-bond acceptors (Lipinski definition) is 10. The molecule has 0 aromatic rings. The molecule has 29 heavy (non-hydrogen) atoms. The third-order valence-corrected chi connectivity index (χ3v) is 5.52. The first-order chi connectivity index (χ1) is 13.8. The SMILES string of the molecule is CCOC(=O)C1(C(=O)OCC)CC(=O)O[C@@]2(C1)OCC[C@@]1(OCC)OC(=O)C[C@@H]12. The van der Waals surface area contributed by atoms with Gasteiger partial charge >= 0.3 is 23.9 Å². The van der Waals surface area contributed by atoms with Crippen molar-refractivity contribution in [2.75, 3.05) is 26.4 Å². The Morgan fingerprint density at radius 1 is 1.00 bits per heavy atom. The number of carbonyl (C=O) groups is 4. The molecule has 3 atom stereocenters. The lowest BCUT2D eigenvalue weighted by molar-refractivity contribution is -0.363. The maximum absolute atomic E-state index is 12.9. The van der Waals surface area contributed by atoms with Crippen molar-refractivity contribution in [1.29, 1.82) is 0 Å². The van der Waals surface area contributed by atoms with E-state index in [0.717, 1.165) is 0 Å². The highest BCUT2D eigenvalue weighted by Gasteiger charge is 2.71. The van der Waals surface area contributed by atoms with Crippen LogP contribution in [0.1, 0.15) is 46.5 Å². The standard InChI is InChI=1S/C19H26O10/c1-4-24-15(22)17(16(23)25-5-2)10-14(21)29-19(11-17)12-9-13(20)28-18(12,26-6-3)7-8-27-19/h12H,4-11H2,1-3H3/t12-,18+,19+/m0/s1. The van der Waals surface area contributed by atoms with Crippen LogP contribution in [0.25, 0.3) is 0 Å². The van der Waals surface area contributed by atoms with Crippen LogP contribution in [0.3, 0.4) is 0 Å². The molecule has 3 aliphatic heterocycles. The van der Waals surface area contributed by atoms with Crippen molar-refractivity contribution in [2.45, 2.75) is 58.0 Å². The number of carbonyl (C=O) groups excluding carboxylic acids is 4. The van der Waals surface area contributed by atoms with Crippen molar-refractivity contribution in [1.82, 2.24) is 0 Å². The van der Waals surface area contributed by atoms with E-state index in [4.69, 9.17) is 28.4 Å². The highest BCUT2D eigenvalue weighted by molar-refractivity contribution is 6.03. The molecule has 0 radical (unpaired) electrons. The summed E-state index contributed by atoms with van der Waals surface area (Å²) in [6, 6.07) is 0. The highest BCUT2D eigenvalue weighted by Crippen LogP contribution is 2.55. The summed E-state index contributed by atoms with van der Waals surface area (Å²) in [7, 11) is 0. The van der Waals surface area contributed by atoms with Crippen LogP contribution in [0.4, 0.5) is 0 Å². The fraction of sp³-hybridized carbons (Fsp3) is 0.789. The molecule has 0 aliphatic carbocycles. The molecule has 162 valence electrons. The van der Waals surface area contributed by atoms with Gasteiger partial charge < -0.3 is 28.4 Å². The summed E-state index contributed by atoms with van der Waals surface area (Å²) in [5.41, 5.74) is -1.94. The number of fused-ring (bicyclic) bond motifs is 2. The van der Waals surface area contributed by atoms with E-state index in [-0.39, 0.29) is 45.7 Å². The normalized spacial score (nSPS) is 32.9. The Morgan fingerprint density at radius 2 is 1.66 bits per heavy atom. The Labute approximate surface area is 168 Å². The van der Waals surface area contributed by atoms with Gasteiger partial charge in [0.05, 0.1) is 32.7 Å². The molecule has 3 fully saturated rings. The average Bonchev–Trinajstić information content (AvgIpc) is 2.99. The maximum atomic E-state index is 12.9. The molecule has 3 rings (SSSR count). The Bertz CT molecular complexity index is 681. The van der Waals surface area contributed by atoms with Crippen LogP contribution in [0.5, 0.6) is 0 Å². The Morgan fingerprint density at radius 3 is 2.24 bits per heavy atom. The lowest BCUT2D eigenvalue weighted by atomic mass is 9.70. The van der Waals surface area contributed by atoms with Crippen molar-refractivity contribution in [3.63, 3.8) is 0 Å². The second-order valence-electron chi connectivity index (χ2n) is 7.24. The van der Waals surface area contributed by atoms with Crippen LogP contribution in [-0.4, -0.2) is 61.9 Å². The van der Waals surface area contributed by atoms with Gasteiger partial charge in [0.25, 0.3) is 0 Å². The zero-order valence-electron chi connectivity index (χ0n) is 16.8. The lowest BCUT2D eigenvalue weighted by Crippen LogP contribution is -2.65. The molecular formula is C19H26O10. The summed E-state index contributed by atoms with van der Waals surface area (Å²) in [5.74, 6) is -7.10. The zero-order valence-corrected chi connectivity index (χ0v) is 16.8. The molecule has 1 spiro atoms. The van der Waals surface area contributed by atoms with Crippen molar-refractivity contribution in [3.05, 3.63) is 0 Å². The third kappa shape index (κ3) is 3.48. The molecule has 0 N–H and O–H groups in total. The van der Waals surface area contributed by atoms with E-state index < -0.39 is 53.2 Å². The monoisotopic (exact) mass is 414 g/mol. The van der Waals surface area contributed by atoms with Crippen LogP contribution < -0.4 is 0 Å². The average molecular weight is 414 g/mol. The third-order valence-electron chi connectivity index (χ3n) is 5.52. The summed E-state index contributed by atoms with van der Waals surface area (Å²) in [5, 5.41) is 0. The molecule has 0 unspecified atom stereocenters. The molecule has 0 bridgehead atoms. The van der Waals surface area contributed by atoms with E-state index in [9.17, 15) is 19.2 Å². The molecule has 3 heterocycles. The van der Waals surface area contributed by atoms with Crippen molar-refractivity contribution >= 4 is 23.9 Å². The van der Waals surface area contributed by atoms with E-state index in [0.29, 0.717) is 0 Å². The second-order valence-corrected chi connectivity index (χ2v) is 7.24. The van der Waals surface area contributed by atoms with E-state index in [1.165, 1.54) is 0 Å². The Balaban J connectivity index is 2.06. The largest absolute Gasteiger partial charge is 0.465 e. The minimum atomic E-state index is -1.94. The molecule has 10 nitrogen and oxygen atoms in total. The molecule has 0 amide bonds. The molecule has 3 saturated heterocycles. The predicted octanol–water partition coefficient (Wildman–Crippen LogP) is 0.848. The van der Waals surface area contributed by atoms with Crippen LogP contribution in [-0.2, 0) is 47.6 Å². The van der Waals surface area contributed by atoms with E-state index >= 15 is 0 Å². The highest BCUT2D eigenvalue weighted by atomic mass is 16.8. The number of hydrogen-bond donors (Lipinski definition) is 0. The Hall–Kier alpha value is -2.20. The van der Waals surface area contributed by atoms with Gasteiger partial charge in [0, 0.05) is 19.4 Å². The van der Waals surface area contributed by atoms with Gasteiger partial charge in [-0.1, -0.05) is 0 Å². The first kappa shape index (κ1) is 21.5. The molecule has 10 heteroatoms. The van der Waals surface area contributed by atoms with Gasteiger partial charge in [0.2, 0.25) is 11.6 Å². The van der Waals surface area contributed by atoms with Crippen LogP contribution in [0.2, 0.25) is 0 Å². The molecule has 3 aliphatic rings. The van der Waals surface area contributed by atoms with Gasteiger partial charge in [-0.15, -0.1) is 0 Å². The van der Waals surface area contributed by atoms with Crippen LogP contribution >= 0.6 is 0 Å². The minimum absolute atomic E-state index is 0.0107. The number of esters is 4. The number of ether oxygens (including phenoxy) is 6. The molecule has 0 aromatic heterocycles. The maximum Gasteiger partial charge on any atom is 0.324 e. The lowest BCUT2D eigenvalue weighted by Gasteiger charge is -2.51. The van der Waals surface area contributed by atoms with E-state index in [1.807, 2.05) is 0 Å². The quantitative estimate of drug-likeness (QED) is 0.351. The topological polar surface area (TPSA) is 124 Å². The molecular weight excluding hydrogens is 388 g/mol. The summed E-state index contributed by atoms with van der Waals surface area (Å²) in [6.45, 7) is 5.23. The van der Waals surface area contributed by atoms with Crippen LogP contribution in [0, 0.1) is 11.3 Å². The second kappa shape index (κ2) is 7.91. The molecule has 0 saturated carbocycles. The van der Waals surface area contributed by atoms with Gasteiger partial charge in [-0.05, 0) is 20.8 Å². The summed E-state index contributed by atoms with van der Waals surface area (Å²) >= 11 is 0. The smallest absolute Gasteiger partial charge is 0.324 e. The first-order valence-corrected chi connectivity index (χ1v) is 9.83. The van der Waals surface area contributed by atoms with Crippen LogP contribution in [0.15, 0.2) is 0 Å². The fourth-order valence-electron chi connectivity index (χ4n) is 4.44. The van der Waals surface area contributed by atoms with Gasteiger partial charge in [-0.2, -0.15) is 0 Å². The zero-order chi connectivity index (χ0) is 21.3. The van der Waals surface area contributed by atoms with Gasteiger partial charge in [-0.25, -0.2) is 0 Å². The molecule has 0 aromatic carbocycles. The van der Waals surface area contributed by atoms with Gasteiger partial charge in [-0.3, -0.25) is 19.2 Å². The van der Waals surface area contributed by atoms with Gasteiger partial charge in [0.1, 0.15) is 5.92 Å². The fourth-order valence-corrected chi connectivity index (χ4v) is 4.44. The van der Waals surface area contributed by atoms with Gasteiger partial charge in [0.15, 0.2) is 5.41 Å².